The highest BCUT2D eigenvalue weighted by molar-refractivity contribution is 7.80. The van der Waals surface area contributed by atoms with Gasteiger partial charge in [0.1, 0.15) is 11.5 Å². The smallest absolute Gasteiger partial charge is 0.141 e. The minimum atomic E-state index is 0.0505. The number of phenolic OH excluding ortho intramolecular Hbond substituents is 1. The van der Waals surface area contributed by atoms with Gasteiger partial charge in [0.05, 0.1) is 5.39 Å². The van der Waals surface area contributed by atoms with Crippen LogP contribution in [-0.4, -0.2) is 10.2 Å². The third kappa shape index (κ3) is 0.956. The number of benzene rings is 1. The van der Waals surface area contributed by atoms with Crippen LogP contribution >= 0.6 is 24.0 Å². The lowest BCUT2D eigenvalue weighted by molar-refractivity contribution is 0.457. The highest BCUT2D eigenvalue weighted by Crippen LogP contribution is 2.40. The maximum Gasteiger partial charge on any atom is 0.141 e. The summed E-state index contributed by atoms with van der Waals surface area (Å²) in [5.74, 6) is 0.165. The van der Waals surface area contributed by atoms with E-state index in [0.717, 1.165) is 4.70 Å². The first kappa shape index (κ1) is 7.76. The van der Waals surface area contributed by atoms with Crippen molar-refractivity contribution in [3.8, 4) is 11.5 Å². The first-order chi connectivity index (χ1) is 5.70. The summed E-state index contributed by atoms with van der Waals surface area (Å²) in [4.78, 5) is 0.483. The first-order valence-electron chi connectivity index (χ1n) is 3.31. The van der Waals surface area contributed by atoms with Gasteiger partial charge in [0.2, 0.25) is 0 Å². The summed E-state index contributed by atoms with van der Waals surface area (Å²) in [5, 5.41) is 20.9. The molecule has 2 rings (SSSR count). The fourth-order valence-electron chi connectivity index (χ4n) is 1.09. The van der Waals surface area contributed by atoms with Gasteiger partial charge in [-0.25, -0.2) is 0 Å². The van der Waals surface area contributed by atoms with Crippen LogP contribution in [0.4, 0.5) is 0 Å². The van der Waals surface area contributed by atoms with Crippen LogP contribution in [0.3, 0.4) is 0 Å². The molecule has 0 radical (unpaired) electrons. The van der Waals surface area contributed by atoms with E-state index in [1.165, 1.54) is 11.3 Å². The number of phenols is 1. The van der Waals surface area contributed by atoms with Gasteiger partial charge in [0, 0.05) is 15.0 Å². The molecule has 0 saturated heterocycles. The van der Waals surface area contributed by atoms with Crippen molar-refractivity contribution >= 4 is 34.1 Å². The average molecular weight is 198 g/mol. The Morgan fingerprint density at radius 3 is 2.75 bits per heavy atom. The summed E-state index contributed by atoms with van der Waals surface area (Å²) in [6, 6.07) is 3.53. The van der Waals surface area contributed by atoms with Gasteiger partial charge in [-0.05, 0) is 12.1 Å². The van der Waals surface area contributed by atoms with Gasteiger partial charge in [0.25, 0.3) is 0 Å². The zero-order valence-corrected chi connectivity index (χ0v) is 7.69. The summed E-state index contributed by atoms with van der Waals surface area (Å²) in [7, 11) is 0. The van der Waals surface area contributed by atoms with Crippen LogP contribution in [0.15, 0.2) is 22.4 Å². The third-order valence-corrected chi connectivity index (χ3v) is 2.97. The molecular weight excluding hydrogens is 192 g/mol. The lowest BCUT2D eigenvalue weighted by Crippen LogP contribution is -1.70. The van der Waals surface area contributed by atoms with Crippen LogP contribution < -0.4 is 0 Å². The minimum absolute atomic E-state index is 0.0505. The third-order valence-electron chi connectivity index (χ3n) is 1.67. The Hall–Kier alpha value is -0.870. The van der Waals surface area contributed by atoms with Crippen molar-refractivity contribution in [3.63, 3.8) is 0 Å². The standard InChI is InChI=1S/C8H6O2S2/c9-4-3-12-6-2-1-5(11)8(10)7(4)6/h1-3,9-11H. The molecule has 0 bridgehead atoms. The minimum Gasteiger partial charge on any atom is -0.506 e. The highest BCUT2D eigenvalue weighted by atomic mass is 32.1. The van der Waals surface area contributed by atoms with Crippen molar-refractivity contribution in [2.75, 3.05) is 0 Å². The summed E-state index contributed by atoms with van der Waals surface area (Å²) in [5.41, 5.74) is 0. The van der Waals surface area contributed by atoms with E-state index in [9.17, 15) is 10.2 Å². The molecule has 0 aliphatic rings. The topological polar surface area (TPSA) is 40.5 Å². The van der Waals surface area contributed by atoms with Crippen LogP contribution in [0.5, 0.6) is 11.5 Å². The number of fused-ring (bicyclic) bond motifs is 1. The van der Waals surface area contributed by atoms with Gasteiger partial charge in [0.15, 0.2) is 0 Å². The molecular formula is C8H6O2S2. The predicted molar refractivity (Wildman–Crippen MR) is 52.4 cm³/mol. The van der Waals surface area contributed by atoms with E-state index in [-0.39, 0.29) is 11.5 Å². The van der Waals surface area contributed by atoms with E-state index in [1.807, 2.05) is 6.07 Å². The molecule has 2 nitrogen and oxygen atoms in total. The molecule has 0 saturated carbocycles. The Bertz CT molecular complexity index is 434. The van der Waals surface area contributed by atoms with Gasteiger partial charge < -0.3 is 10.2 Å². The van der Waals surface area contributed by atoms with E-state index < -0.39 is 0 Å². The van der Waals surface area contributed by atoms with Crippen LogP contribution in [0, 0.1) is 0 Å². The summed E-state index contributed by atoms with van der Waals surface area (Å²) < 4.78 is 0.864. The number of aromatic hydroxyl groups is 2. The fourth-order valence-corrected chi connectivity index (χ4v) is 2.09. The van der Waals surface area contributed by atoms with Crippen LogP contribution in [-0.2, 0) is 0 Å². The fraction of sp³-hybridized carbons (Fsp3) is 0. The van der Waals surface area contributed by atoms with Crippen LogP contribution in [0.25, 0.3) is 10.1 Å². The molecule has 0 amide bonds. The van der Waals surface area contributed by atoms with E-state index in [4.69, 9.17) is 0 Å². The lowest BCUT2D eigenvalue weighted by atomic mass is 10.2. The van der Waals surface area contributed by atoms with Crippen molar-refractivity contribution in [2.24, 2.45) is 0 Å². The number of thiophene rings is 1. The molecule has 1 aromatic carbocycles. The van der Waals surface area contributed by atoms with Gasteiger partial charge in [-0.1, -0.05) is 0 Å². The SMILES string of the molecule is Oc1csc2ccc(S)c(O)c12. The molecule has 12 heavy (non-hydrogen) atoms. The molecule has 1 heterocycles. The van der Waals surface area contributed by atoms with Crippen LogP contribution in [0.1, 0.15) is 0 Å². The summed E-state index contributed by atoms with van der Waals surface area (Å²) >= 11 is 5.43. The average Bonchev–Trinajstić information content (AvgIpc) is 2.41. The van der Waals surface area contributed by atoms with Gasteiger partial charge in [-0.15, -0.1) is 24.0 Å². The normalized spacial score (nSPS) is 10.8. The quantitative estimate of drug-likeness (QED) is 0.569. The Kier molecular flexibility index (Phi) is 1.66. The van der Waals surface area contributed by atoms with Crippen molar-refractivity contribution in [2.45, 2.75) is 4.90 Å². The molecule has 2 N–H and O–H groups in total. The second-order valence-electron chi connectivity index (χ2n) is 2.43. The number of thiol groups is 1. The molecule has 0 aliphatic carbocycles. The second-order valence-corrected chi connectivity index (χ2v) is 3.82. The van der Waals surface area contributed by atoms with Crippen LogP contribution in [0.2, 0.25) is 0 Å². The van der Waals surface area contributed by atoms with Gasteiger partial charge >= 0.3 is 0 Å². The molecule has 0 aliphatic heterocycles. The molecule has 62 valence electrons. The Labute approximate surface area is 78.5 Å². The molecule has 0 unspecified atom stereocenters. The van der Waals surface area contributed by atoms with Gasteiger partial charge in [-0.2, -0.15) is 0 Å². The monoisotopic (exact) mass is 198 g/mol. The highest BCUT2D eigenvalue weighted by Gasteiger charge is 2.09. The molecule has 0 spiro atoms. The van der Waals surface area contributed by atoms with Crippen molar-refractivity contribution in [1.29, 1.82) is 0 Å². The first-order valence-corrected chi connectivity index (χ1v) is 4.64. The lowest BCUT2D eigenvalue weighted by Gasteiger charge is -1.98. The molecule has 2 aromatic rings. The number of hydrogen-bond donors (Lipinski definition) is 3. The predicted octanol–water partition coefficient (Wildman–Crippen LogP) is 2.60. The zero-order chi connectivity index (χ0) is 8.72. The maximum atomic E-state index is 9.50. The number of rotatable bonds is 0. The van der Waals surface area contributed by atoms with Crippen molar-refractivity contribution in [3.05, 3.63) is 17.5 Å². The van der Waals surface area contributed by atoms with E-state index in [2.05, 4.69) is 12.6 Å². The Morgan fingerprint density at radius 1 is 1.25 bits per heavy atom. The summed E-state index contributed by atoms with van der Waals surface area (Å²) in [6.45, 7) is 0. The Morgan fingerprint density at radius 2 is 2.00 bits per heavy atom. The largest absolute Gasteiger partial charge is 0.506 e. The van der Waals surface area contributed by atoms with Crippen molar-refractivity contribution in [1.82, 2.24) is 0 Å². The summed E-state index contributed by atoms with van der Waals surface area (Å²) in [6.07, 6.45) is 0. The second kappa shape index (κ2) is 2.57. The van der Waals surface area contributed by atoms with Crippen molar-refractivity contribution < 1.29 is 10.2 Å². The van der Waals surface area contributed by atoms with Gasteiger partial charge in [-0.3, -0.25) is 0 Å². The molecule has 4 heteroatoms. The maximum absolute atomic E-state index is 9.50. The molecule has 0 fully saturated rings. The number of hydrogen-bond acceptors (Lipinski definition) is 4. The van der Waals surface area contributed by atoms with E-state index >= 15 is 0 Å². The van der Waals surface area contributed by atoms with E-state index in [0.29, 0.717) is 10.3 Å². The zero-order valence-electron chi connectivity index (χ0n) is 5.98. The Balaban J connectivity index is 2.96. The molecule has 1 aromatic heterocycles. The van der Waals surface area contributed by atoms with E-state index in [1.54, 1.807) is 11.4 Å². The molecule has 0 atom stereocenters.